The molecule has 0 saturated heterocycles. The van der Waals surface area contributed by atoms with Gasteiger partial charge in [-0.1, -0.05) is 24.2 Å². The summed E-state index contributed by atoms with van der Waals surface area (Å²) in [5, 5.41) is 26.8. The number of nitrogens with one attached hydrogen (secondary N) is 1. The van der Waals surface area contributed by atoms with Crippen molar-refractivity contribution in [3.63, 3.8) is 0 Å². The lowest BCUT2D eigenvalue weighted by Gasteiger charge is -2.05. The zero-order chi connectivity index (χ0) is 21.2. The van der Waals surface area contributed by atoms with Crippen LogP contribution in [0.25, 0.3) is 22.2 Å². The van der Waals surface area contributed by atoms with E-state index in [1.807, 2.05) is 24.4 Å². The summed E-state index contributed by atoms with van der Waals surface area (Å²) in [5.74, 6) is 0.387. The zero-order valence-corrected chi connectivity index (χ0v) is 17.5. The van der Waals surface area contributed by atoms with Crippen LogP contribution in [-0.4, -0.2) is 41.0 Å². The first-order valence-corrected chi connectivity index (χ1v) is 11.1. The maximum absolute atomic E-state index is 10.8. The quantitative estimate of drug-likeness (QED) is 0.443. The minimum absolute atomic E-state index is 0.0295. The Labute approximate surface area is 182 Å². The van der Waals surface area contributed by atoms with E-state index in [9.17, 15) is 4.79 Å². The second-order valence-electron chi connectivity index (χ2n) is 7.65. The highest BCUT2D eigenvalue weighted by Crippen LogP contribution is 2.37. The fourth-order valence-corrected chi connectivity index (χ4v) is 4.73. The van der Waals surface area contributed by atoms with E-state index in [-0.39, 0.29) is 6.42 Å². The number of aryl methyl sites for hydroxylation is 1. The van der Waals surface area contributed by atoms with Gasteiger partial charge in [-0.25, -0.2) is 4.98 Å². The van der Waals surface area contributed by atoms with Crippen LogP contribution in [0.2, 0.25) is 0 Å². The maximum Gasteiger partial charge on any atom is 0.305 e. The SMILES string of the molecule is O=C(O)CCn1cc(-c2cnc3ccc(Nc4nnc(C5CCCC5)s4)nc3c2)cn1. The second-order valence-corrected chi connectivity index (χ2v) is 8.66. The number of rotatable bonds is 7. The van der Waals surface area contributed by atoms with Crippen molar-refractivity contribution in [3.8, 4) is 11.1 Å². The highest BCUT2D eigenvalue weighted by atomic mass is 32.1. The van der Waals surface area contributed by atoms with Crippen molar-refractivity contribution in [2.45, 2.75) is 44.6 Å². The molecule has 0 aromatic carbocycles. The van der Waals surface area contributed by atoms with E-state index in [4.69, 9.17) is 10.1 Å². The van der Waals surface area contributed by atoms with Crippen molar-refractivity contribution in [1.82, 2.24) is 29.9 Å². The lowest BCUT2D eigenvalue weighted by Crippen LogP contribution is -2.04. The van der Waals surface area contributed by atoms with Gasteiger partial charge >= 0.3 is 5.97 Å². The molecular formula is C21H21N7O2S. The van der Waals surface area contributed by atoms with Gasteiger partial charge in [0, 0.05) is 29.4 Å². The molecule has 5 rings (SSSR count). The number of carboxylic acid groups (broad SMARTS) is 1. The zero-order valence-electron chi connectivity index (χ0n) is 16.7. The first-order valence-electron chi connectivity index (χ1n) is 10.3. The molecule has 4 aromatic rings. The Balaban J connectivity index is 1.35. The van der Waals surface area contributed by atoms with Crippen molar-refractivity contribution >= 4 is 39.3 Å². The van der Waals surface area contributed by atoms with E-state index in [2.05, 4.69) is 25.6 Å². The lowest BCUT2D eigenvalue weighted by molar-refractivity contribution is -0.137. The van der Waals surface area contributed by atoms with E-state index >= 15 is 0 Å². The number of hydrogen-bond acceptors (Lipinski definition) is 8. The summed E-state index contributed by atoms with van der Waals surface area (Å²) in [4.78, 5) is 19.9. The molecule has 2 N–H and O–H groups in total. The molecule has 0 unspecified atom stereocenters. The van der Waals surface area contributed by atoms with Gasteiger partial charge in [-0.05, 0) is 31.0 Å². The summed E-state index contributed by atoms with van der Waals surface area (Å²) in [6, 6.07) is 5.76. The molecule has 9 nitrogen and oxygen atoms in total. The van der Waals surface area contributed by atoms with Crippen LogP contribution in [0.4, 0.5) is 10.9 Å². The van der Waals surface area contributed by atoms with Crippen LogP contribution in [-0.2, 0) is 11.3 Å². The topological polar surface area (TPSA) is 119 Å². The van der Waals surface area contributed by atoms with Crippen molar-refractivity contribution in [3.05, 3.63) is 41.8 Å². The fourth-order valence-electron chi connectivity index (χ4n) is 3.81. The number of aliphatic carboxylic acids is 1. The molecule has 0 spiro atoms. The van der Waals surface area contributed by atoms with E-state index in [1.54, 1.807) is 28.4 Å². The Kier molecular flexibility index (Phi) is 5.29. The Hall–Kier alpha value is -3.40. The van der Waals surface area contributed by atoms with Crippen LogP contribution < -0.4 is 5.32 Å². The van der Waals surface area contributed by atoms with Gasteiger partial charge in [0.1, 0.15) is 10.8 Å². The van der Waals surface area contributed by atoms with Gasteiger partial charge < -0.3 is 10.4 Å². The van der Waals surface area contributed by atoms with Crippen molar-refractivity contribution in [2.75, 3.05) is 5.32 Å². The summed E-state index contributed by atoms with van der Waals surface area (Å²) in [6.45, 7) is 0.327. The number of aromatic nitrogens is 6. The van der Waals surface area contributed by atoms with Crippen LogP contribution in [0.15, 0.2) is 36.8 Å². The monoisotopic (exact) mass is 435 g/mol. The van der Waals surface area contributed by atoms with Gasteiger partial charge in [-0.15, -0.1) is 10.2 Å². The van der Waals surface area contributed by atoms with Crippen LogP contribution in [0, 0.1) is 0 Å². The molecule has 0 atom stereocenters. The van der Waals surface area contributed by atoms with Crippen LogP contribution in [0.1, 0.15) is 43.0 Å². The van der Waals surface area contributed by atoms with E-state index in [0.29, 0.717) is 18.3 Å². The molecule has 1 aliphatic carbocycles. The summed E-state index contributed by atoms with van der Waals surface area (Å²) < 4.78 is 1.62. The summed E-state index contributed by atoms with van der Waals surface area (Å²) in [5.41, 5.74) is 3.28. The summed E-state index contributed by atoms with van der Waals surface area (Å²) in [6.07, 6.45) is 10.3. The predicted molar refractivity (Wildman–Crippen MR) is 117 cm³/mol. The molecule has 158 valence electrons. The molecule has 1 fully saturated rings. The van der Waals surface area contributed by atoms with Crippen molar-refractivity contribution < 1.29 is 9.90 Å². The molecule has 0 amide bonds. The van der Waals surface area contributed by atoms with Gasteiger partial charge in [-0.2, -0.15) is 5.10 Å². The summed E-state index contributed by atoms with van der Waals surface area (Å²) >= 11 is 1.60. The molecule has 0 radical (unpaired) electrons. The third kappa shape index (κ3) is 4.38. The number of anilines is 2. The highest BCUT2D eigenvalue weighted by Gasteiger charge is 2.21. The van der Waals surface area contributed by atoms with Gasteiger partial charge in [0.05, 0.1) is 30.2 Å². The minimum Gasteiger partial charge on any atom is -0.481 e. The molecule has 0 aliphatic heterocycles. The number of nitrogens with zero attached hydrogens (tertiary/aromatic N) is 6. The standard InChI is InChI=1S/C21H21N7O2S/c29-19(30)7-8-28-12-15(11-23-28)14-9-17-16(22-10-14)5-6-18(24-17)25-21-27-26-20(31-21)13-3-1-2-4-13/h5-6,9-13H,1-4,7-8H2,(H,29,30)(H,24,25,27). The second kappa shape index (κ2) is 8.38. The van der Waals surface area contributed by atoms with E-state index < -0.39 is 5.97 Å². The van der Waals surface area contributed by atoms with Crippen LogP contribution in [0.3, 0.4) is 0 Å². The van der Waals surface area contributed by atoms with Crippen molar-refractivity contribution in [1.29, 1.82) is 0 Å². The average molecular weight is 436 g/mol. The molecule has 1 saturated carbocycles. The number of hydrogen-bond donors (Lipinski definition) is 2. The van der Waals surface area contributed by atoms with Gasteiger partial charge in [0.2, 0.25) is 5.13 Å². The van der Waals surface area contributed by atoms with Crippen LogP contribution in [0.5, 0.6) is 0 Å². The lowest BCUT2D eigenvalue weighted by atomic mass is 10.1. The Morgan fingerprint density at radius 3 is 2.87 bits per heavy atom. The normalized spacial score (nSPS) is 14.3. The molecule has 4 heterocycles. The molecule has 0 bridgehead atoms. The predicted octanol–water partition coefficient (Wildman–Crippen LogP) is 4.22. The molecule has 4 aromatic heterocycles. The highest BCUT2D eigenvalue weighted by molar-refractivity contribution is 7.15. The average Bonchev–Trinajstić information content (AvgIpc) is 3.53. The van der Waals surface area contributed by atoms with Gasteiger partial charge in [-0.3, -0.25) is 14.5 Å². The summed E-state index contributed by atoms with van der Waals surface area (Å²) in [7, 11) is 0. The van der Waals surface area contributed by atoms with E-state index in [1.165, 1.54) is 25.7 Å². The van der Waals surface area contributed by atoms with E-state index in [0.717, 1.165) is 32.3 Å². The largest absolute Gasteiger partial charge is 0.481 e. The first-order chi connectivity index (χ1) is 15.1. The van der Waals surface area contributed by atoms with Crippen LogP contribution >= 0.6 is 11.3 Å². The molecular weight excluding hydrogens is 414 g/mol. The Morgan fingerprint density at radius 2 is 2.03 bits per heavy atom. The number of carboxylic acids is 1. The third-order valence-corrected chi connectivity index (χ3v) is 6.44. The maximum atomic E-state index is 10.8. The minimum atomic E-state index is -0.848. The first kappa shape index (κ1) is 19.6. The number of carbonyl (C=O) groups is 1. The number of fused-ring (bicyclic) bond motifs is 1. The van der Waals surface area contributed by atoms with Gasteiger partial charge in [0.25, 0.3) is 0 Å². The smallest absolute Gasteiger partial charge is 0.305 e. The fraction of sp³-hybridized carbons (Fsp3) is 0.333. The Morgan fingerprint density at radius 1 is 1.16 bits per heavy atom. The van der Waals surface area contributed by atoms with Gasteiger partial charge in [0.15, 0.2) is 0 Å². The molecule has 1 aliphatic rings. The third-order valence-electron chi connectivity index (χ3n) is 5.44. The molecule has 31 heavy (non-hydrogen) atoms. The van der Waals surface area contributed by atoms with Crippen molar-refractivity contribution in [2.24, 2.45) is 0 Å². The molecule has 10 heteroatoms. The number of pyridine rings is 2. The Bertz CT molecular complexity index is 1230.